The quantitative estimate of drug-likeness (QED) is 0.531. The Labute approximate surface area is 169 Å². The molecule has 0 N–H and O–H groups in total. The van der Waals surface area contributed by atoms with Crippen LogP contribution >= 0.6 is 11.6 Å². The summed E-state index contributed by atoms with van der Waals surface area (Å²) in [6, 6.07) is 4.00. The molecule has 1 aromatic heterocycles. The Hall–Kier alpha value is -1.49. The zero-order valence-electron chi connectivity index (χ0n) is 17.8. The predicted molar refractivity (Wildman–Crippen MR) is 112 cm³/mol. The SMILES string of the molecule is CCCCN(CC(=O)N(Cc1cccn1C)CC(C)C)C(=O)C(C)(C)CCl. The average molecular weight is 398 g/mol. The normalized spacial score (nSPS) is 11.7. The first-order chi connectivity index (χ1) is 12.6. The van der Waals surface area contributed by atoms with Gasteiger partial charge in [0, 0.05) is 37.9 Å². The minimum atomic E-state index is -0.670. The molecule has 2 amide bonds. The average Bonchev–Trinajstić information content (AvgIpc) is 3.01. The fraction of sp³-hybridized carbons (Fsp3) is 0.714. The molecule has 0 spiro atoms. The number of rotatable bonds is 11. The van der Waals surface area contributed by atoms with E-state index in [1.165, 1.54) is 0 Å². The lowest BCUT2D eigenvalue weighted by atomic mass is 9.94. The Morgan fingerprint density at radius 1 is 1.26 bits per heavy atom. The van der Waals surface area contributed by atoms with Gasteiger partial charge in [-0.3, -0.25) is 9.59 Å². The molecule has 0 aliphatic rings. The highest BCUT2D eigenvalue weighted by Gasteiger charge is 2.32. The monoisotopic (exact) mass is 397 g/mol. The second-order valence-electron chi connectivity index (χ2n) is 8.38. The van der Waals surface area contributed by atoms with E-state index in [0.717, 1.165) is 18.5 Å². The summed E-state index contributed by atoms with van der Waals surface area (Å²) in [4.78, 5) is 29.6. The van der Waals surface area contributed by atoms with Crippen molar-refractivity contribution < 1.29 is 9.59 Å². The molecule has 154 valence electrons. The minimum absolute atomic E-state index is 0.0141. The lowest BCUT2D eigenvalue weighted by Gasteiger charge is -2.33. The van der Waals surface area contributed by atoms with E-state index in [0.29, 0.717) is 25.6 Å². The van der Waals surface area contributed by atoms with Crippen molar-refractivity contribution in [3.8, 4) is 0 Å². The summed E-state index contributed by atoms with van der Waals surface area (Å²) in [5.74, 6) is 0.525. The van der Waals surface area contributed by atoms with Gasteiger partial charge >= 0.3 is 0 Å². The van der Waals surface area contributed by atoms with Crippen molar-refractivity contribution in [2.24, 2.45) is 18.4 Å². The molecule has 1 rings (SSSR count). The van der Waals surface area contributed by atoms with Crippen molar-refractivity contribution in [3.05, 3.63) is 24.0 Å². The van der Waals surface area contributed by atoms with Gasteiger partial charge in [-0.15, -0.1) is 11.6 Å². The van der Waals surface area contributed by atoms with E-state index < -0.39 is 5.41 Å². The number of hydrogen-bond acceptors (Lipinski definition) is 2. The number of carbonyl (C=O) groups is 2. The van der Waals surface area contributed by atoms with Gasteiger partial charge in [-0.2, -0.15) is 0 Å². The van der Waals surface area contributed by atoms with Gasteiger partial charge in [0.2, 0.25) is 11.8 Å². The minimum Gasteiger partial charge on any atom is -0.353 e. The molecular formula is C21H36ClN3O2. The van der Waals surface area contributed by atoms with Crippen LogP contribution in [-0.4, -0.2) is 51.7 Å². The first-order valence-electron chi connectivity index (χ1n) is 9.85. The smallest absolute Gasteiger partial charge is 0.242 e. The van der Waals surface area contributed by atoms with Gasteiger partial charge in [-0.25, -0.2) is 0 Å². The van der Waals surface area contributed by atoms with E-state index in [4.69, 9.17) is 11.6 Å². The summed E-state index contributed by atoms with van der Waals surface area (Å²) in [5, 5.41) is 0. The number of hydrogen-bond donors (Lipinski definition) is 0. The third-order valence-corrected chi connectivity index (χ3v) is 5.32. The number of halogens is 1. The van der Waals surface area contributed by atoms with Crippen LogP contribution in [0.15, 0.2) is 18.3 Å². The topological polar surface area (TPSA) is 45.6 Å². The second kappa shape index (κ2) is 10.7. The van der Waals surface area contributed by atoms with Crippen LogP contribution in [-0.2, 0) is 23.2 Å². The van der Waals surface area contributed by atoms with Crippen LogP contribution in [0, 0.1) is 11.3 Å². The Morgan fingerprint density at radius 3 is 2.41 bits per heavy atom. The van der Waals surface area contributed by atoms with Crippen LogP contribution in [0.3, 0.4) is 0 Å². The van der Waals surface area contributed by atoms with E-state index in [1.807, 2.05) is 48.7 Å². The molecule has 0 aliphatic carbocycles. The van der Waals surface area contributed by atoms with Gasteiger partial charge in [-0.1, -0.05) is 27.2 Å². The summed E-state index contributed by atoms with van der Waals surface area (Å²) in [6.07, 6.45) is 3.82. The van der Waals surface area contributed by atoms with Gasteiger partial charge in [0.25, 0.3) is 0 Å². The fourth-order valence-electron chi connectivity index (χ4n) is 2.90. The molecule has 0 aromatic carbocycles. The molecule has 6 heteroatoms. The molecule has 0 saturated heterocycles. The molecule has 0 unspecified atom stereocenters. The van der Waals surface area contributed by atoms with Gasteiger partial charge < -0.3 is 14.4 Å². The van der Waals surface area contributed by atoms with Gasteiger partial charge in [-0.05, 0) is 38.3 Å². The van der Waals surface area contributed by atoms with Crippen LogP contribution in [0.25, 0.3) is 0 Å². The molecule has 0 bridgehead atoms. The number of amides is 2. The first kappa shape index (κ1) is 23.5. The lowest BCUT2D eigenvalue weighted by molar-refractivity contribution is -0.146. The number of unbranched alkanes of at least 4 members (excludes halogenated alkanes) is 1. The Bertz CT molecular complexity index is 610. The number of aromatic nitrogens is 1. The van der Waals surface area contributed by atoms with E-state index in [2.05, 4.69) is 20.8 Å². The maximum atomic E-state index is 13.1. The molecule has 0 aliphatic heterocycles. The molecule has 27 heavy (non-hydrogen) atoms. The van der Waals surface area contributed by atoms with E-state index in [-0.39, 0.29) is 24.2 Å². The molecule has 0 radical (unpaired) electrons. The van der Waals surface area contributed by atoms with E-state index in [9.17, 15) is 9.59 Å². The standard InChI is InChI=1S/C21H36ClN3O2/c1-7-8-12-24(20(27)21(4,5)16-22)15-19(26)25(13-17(2)3)14-18-10-9-11-23(18)6/h9-11,17H,7-8,12-16H2,1-6H3. The highest BCUT2D eigenvalue weighted by Crippen LogP contribution is 2.21. The lowest BCUT2D eigenvalue weighted by Crippen LogP contribution is -2.48. The largest absolute Gasteiger partial charge is 0.353 e. The summed E-state index contributed by atoms with van der Waals surface area (Å²) < 4.78 is 2.03. The van der Waals surface area contributed by atoms with Crippen LogP contribution in [0.4, 0.5) is 0 Å². The number of nitrogens with zero attached hydrogens (tertiary/aromatic N) is 3. The van der Waals surface area contributed by atoms with Crippen molar-refractivity contribution in [2.75, 3.05) is 25.5 Å². The number of carbonyl (C=O) groups excluding carboxylic acids is 2. The Kier molecular flexibility index (Phi) is 9.37. The predicted octanol–water partition coefficient (Wildman–Crippen LogP) is 3.90. The zero-order chi connectivity index (χ0) is 20.6. The summed E-state index contributed by atoms with van der Waals surface area (Å²) in [7, 11) is 1.98. The summed E-state index contributed by atoms with van der Waals surface area (Å²) in [5.41, 5.74) is 0.410. The van der Waals surface area contributed by atoms with Gasteiger partial charge in [0.05, 0.1) is 18.5 Å². The fourth-order valence-corrected chi connectivity index (χ4v) is 3.02. The summed E-state index contributed by atoms with van der Waals surface area (Å²) >= 11 is 6.00. The van der Waals surface area contributed by atoms with Crippen molar-refractivity contribution in [2.45, 2.75) is 54.0 Å². The van der Waals surface area contributed by atoms with E-state index >= 15 is 0 Å². The van der Waals surface area contributed by atoms with Crippen molar-refractivity contribution in [1.29, 1.82) is 0 Å². The van der Waals surface area contributed by atoms with Crippen molar-refractivity contribution in [1.82, 2.24) is 14.4 Å². The van der Waals surface area contributed by atoms with Crippen LogP contribution in [0.1, 0.15) is 53.2 Å². The Morgan fingerprint density at radius 2 is 1.93 bits per heavy atom. The molecule has 1 aromatic rings. The first-order valence-corrected chi connectivity index (χ1v) is 10.4. The molecule has 1 heterocycles. The van der Waals surface area contributed by atoms with Crippen LogP contribution < -0.4 is 0 Å². The van der Waals surface area contributed by atoms with Gasteiger partial charge in [0.1, 0.15) is 0 Å². The summed E-state index contributed by atoms with van der Waals surface area (Å²) in [6.45, 7) is 11.9. The third-order valence-electron chi connectivity index (χ3n) is 4.65. The van der Waals surface area contributed by atoms with Crippen LogP contribution in [0.2, 0.25) is 0 Å². The maximum Gasteiger partial charge on any atom is 0.242 e. The van der Waals surface area contributed by atoms with Crippen molar-refractivity contribution in [3.63, 3.8) is 0 Å². The number of aryl methyl sites for hydroxylation is 1. The molecule has 5 nitrogen and oxygen atoms in total. The van der Waals surface area contributed by atoms with Crippen molar-refractivity contribution >= 4 is 23.4 Å². The molecule has 0 fully saturated rings. The third kappa shape index (κ3) is 7.21. The number of alkyl halides is 1. The zero-order valence-corrected chi connectivity index (χ0v) is 18.6. The van der Waals surface area contributed by atoms with Crippen LogP contribution in [0.5, 0.6) is 0 Å². The highest BCUT2D eigenvalue weighted by atomic mass is 35.5. The maximum absolute atomic E-state index is 13.1. The molecular weight excluding hydrogens is 362 g/mol. The highest BCUT2D eigenvalue weighted by molar-refractivity contribution is 6.19. The second-order valence-corrected chi connectivity index (χ2v) is 8.64. The molecule has 0 atom stereocenters. The Balaban J connectivity index is 2.95. The van der Waals surface area contributed by atoms with E-state index in [1.54, 1.807) is 4.90 Å². The molecule has 0 saturated carbocycles. The van der Waals surface area contributed by atoms with Gasteiger partial charge in [0.15, 0.2) is 0 Å².